The van der Waals surface area contributed by atoms with Crippen molar-refractivity contribution in [2.45, 2.75) is 12.2 Å². The molecule has 0 aliphatic carbocycles. The van der Waals surface area contributed by atoms with Crippen LogP contribution >= 0.6 is 0 Å². The second-order valence-corrected chi connectivity index (χ2v) is 10.7. The van der Waals surface area contributed by atoms with E-state index in [4.69, 9.17) is 4.74 Å². The molecule has 0 unspecified atom stereocenters. The van der Waals surface area contributed by atoms with Gasteiger partial charge in [0, 0.05) is 58.1 Å². The minimum Gasteiger partial charge on any atom is -0.385 e. The van der Waals surface area contributed by atoms with Gasteiger partial charge < -0.3 is 15.0 Å². The fourth-order valence-electron chi connectivity index (χ4n) is 4.34. The predicted octanol–water partition coefficient (Wildman–Crippen LogP) is 2.24. The topological polar surface area (TPSA) is 140 Å². The number of aromatic nitrogens is 2. The predicted molar refractivity (Wildman–Crippen MR) is 144 cm³/mol. The van der Waals surface area contributed by atoms with Gasteiger partial charge in [-0.2, -0.15) is 14.1 Å². The molecule has 4 rings (SSSR count). The highest BCUT2D eigenvalue weighted by Crippen LogP contribution is 2.26. The number of methoxy groups -OCH3 is 1. The van der Waals surface area contributed by atoms with Crippen molar-refractivity contribution < 1.29 is 18.1 Å². The quantitative estimate of drug-likeness (QED) is 0.219. The van der Waals surface area contributed by atoms with Crippen molar-refractivity contribution >= 4 is 27.1 Å². The zero-order chi connectivity index (χ0) is 27.1. The lowest BCUT2D eigenvalue weighted by Gasteiger charge is -2.36. The Morgan fingerprint density at radius 3 is 2.42 bits per heavy atom. The molecule has 1 saturated heterocycles. The van der Waals surface area contributed by atoms with Gasteiger partial charge in [-0.05, 0) is 18.6 Å². The van der Waals surface area contributed by atoms with Gasteiger partial charge in [0.15, 0.2) is 0 Å². The number of benzene rings is 2. The van der Waals surface area contributed by atoms with Crippen LogP contribution in [0.4, 0.5) is 17.1 Å². The molecule has 0 atom stereocenters. The second kappa shape index (κ2) is 12.2. The molecular weight excluding hydrogens is 512 g/mol. The van der Waals surface area contributed by atoms with Gasteiger partial charge in [-0.15, -0.1) is 0 Å². The third-order valence-electron chi connectivity index (χ3n) is 6.28. The van der Waals surface area contributed by atoms with Gasteiger partial charge in [0.2, 0.25) is 10.0 Å². The first-order chi connectivity index (χ1) is 18.3. The van der Waals surface area contributed by atoms with Crippen LogP contribution in [-0.2, 0) is 20.5 Å². The lowest BCUT2D eigenvalue weighted by Crippen LogP contribution is -2.49. The summed E-state index contributed by atoms with van der Waals surface area (Å²) in [6.07, 6.45) is 2.31. The van der Waals surface area contributed by atoms with Crippen molar-refractivity contribution in [1.29, 1.82) is 0 Å². The molecule has 12 nitrogen and oxygen atoms in total. The molecular formula is C25H30N6O6S. The summed E-state index contributed by atoms with van der Waals surface area (Å²) in [5.41, 5.74) is 1.24. The average molecular weight is 543 g/mol. The summed E-state index contributed by atoms with van der Waals surface area (Å²) in [5, 5.41) is 18.9. The molecule has 0 bridgehead atoms. The first kappa shape index (κ1) is 27.2. The van der Waals surface area contributed by atoms with Crippen molar-refractivity contribution in [3.8, 4) is 5.69 Å². The number of para-hydroxylation sites is 2. The Bertz CT molecular complexity index is 1420. The Morgan fingerprint density at radius 1 is 1.05 bits per heavy atom. The number of hydrogen-bond acceptors (Lipinski definition) is 9. The highest BCUT2D eigenvalue weighted by atomic mass is 32.2. The van der Waals surface area contributed by atoms with Crippen molar-refractivity contribution in [3.63, 3.8) is 0 Å². The van der Waals surface area contributed by atoms with Gasteiger partial charge in [-0.1, -0.05) is 36.4 Å². The number of piperazine rings is 1. The van der Waals surface area contributed by atoms with Crippen LogP contribution in [0.1, 0.15) is 12.0 Å². The fraction of sp³-hybridized carbons (Fsp3) is 0.360. The van der Waals surface area contributed by atoms with Gasteiger partial charge in [-0.25, -0.2) is 8.42 Å². The van der Waals surface area contributed by atoms with Crippen LogP contribution in [0.2, 0.25) is 0 Å². The zero-order valence-corrected chi connectivity index (χ0v) is 21.8. The summed E-state index contributed by atoms with van der Waals surface area (Å²) in [4.78, 5) is 26.1. The summed E-state index contributed by atoms with van der Waals surface area (Å²) in [6.45, 7) is 2.07. The maximum Gasteiger partial charge on any atom is 0.296 e. The van der Waals surface area contributed by atoms with Crippen LogP contribution in [0.5, 0.6) is 0 Å². The van der Waals surface area contributed by atoms with Crippen LogP contribution in [0.15, 0.2) is 65.6 Å². The van der Waals surface area contributed by atoms with E-state index in [-0.39, 0.29) is 29.9 Å². The molecule has 0 spiro atoms. The summed E-state index contributed by atoms with van der Waals surface area (Å²) in [6, 6.07) is 15.0. The van der Waals surface area contributed by atoms with E-state index in [1.807, 2.05) is 23.1 Å². The van der Waals surface area contributed by atoms with Crippen molar-refractivity contribution in [1.82, 2.24) is 14.1 Å². The molecule has 1 aromatic heterocycles. The van der Waals surface area contributed by atoms with E-state index in [0.717, 1.165) is 0 Å². The second-order valence-electron chi connectivity index (χ2n) is 8.76. The van der Waals surface area contributed by atoms with Crippen LogP contribution in [0, 0.1) is 10.1 Å². The van der Waals surface area contributed by atoms with E-state index in [1.54, 1.807) is 31.5 Å². The van der Waals surface area contributed by atoms with E-state index in [1.165, 1.54) is 27.2 Å². The number of rotatable bonds is 11. The number of sulfonamides is 1. The minimum atomic E-state index is -3.79. The largest absolute Gasteiger partial charge is 0.385 e. The molecule has 0 amide bonds. The molecule has 0 radical (unpaired) electrons. The Hall–Kier alpha value is -3.81. The van der Waals surface area contributed by atoms with Gasteiger partial charge in [-0.3, -0.25) is 14.9 Å². The first-order valence-electron chi connectivity index (χ1n) is 12.2. The molecule has 2 heterocycles. The molecule has 2 aromatic carbocycles. The fourth-order valence-corrected chi connectivity index (χ4v) is 5.88. The Labute approximate surface area is 220 Å². The first-order valence-corrected chi connectivity index (χ1v) is 13.8. The molecule has 1 aliphatic rings. The third-order valence-corrected chi connectivity index (χ3v) is 8.11. The van der Waals surface area contributed by atoms with Crippen molar-refractivity contribution in [2.75, 3.05) is 56.7 Å². The molecule has 202 valence electrons. The van der Waals surface area contributed by atoms with E-state index in [2.05, 4.69) is 10.4 Å². The van der Waals surface area contributed by atoms with Crippen LogP contribution in [0.25, 0.3) is 5.69 Å². The average Bonchev–Trinajstić information content (AvgIpc) is 2.92. The highest BCUT2D eigenvalue weighted by Gasteiger charge is 2.30. The van der Waals surface area contributed by atoms with Crippen LogP contribution in [0.3, 0.4) is 0 Å². The minimum absolute atomic E-state index is 0.149. The van der Waals surface area contributed by atoms with E-state index < -0.39 is 20.7 Å². The number of nitro groups is 1. The summed E-state index contributed by atoms with van der Waals surface area (Å²) >= 11 is 0. The Balaban J connectivity index is 1.53. The standard InChI is InChI=1S/C25H30N6O6S/c1-37-17-7-12-26-24-23(18-27-30(25(24)32)21-9-3-2-4-10-21)28-13-15-29(16-14-28)38(35,36)19-20-8-5-6-11-22(20)31(33)34/h2-6,8-11,18,26H,7,12-17,19H2,1H3. The van der Waals surface area contributed by atoms with Crippen molar-refractivity contribution in [2.24, 2.45) is 0 Å². The van der Waals surface area contributed by atoms with Gasteiger partial charge in [0.1, 0.15) is 5.69 Å². The maximum absolute atomic E-state index is 13.4. The Morgan fingerprint density at radius 2 is 1.74 bits per heavy atom. The monoisotopic (exact) mass is 542 g/mol. The highest BCUT2D eigenvalue weighted by molar-refractivity contribution is 7.88. The summed E-state index contributed by atoms with van der Waals surface area (Å²) < 4.78 is 34.0. The normalized spacial score (nSPS) is 14.4. The third kappa shape index (κ3) is 6.18. The number of ether oxygens (including phenoxy) is 1. The lowest BCUT2D eigenvalue weighted by atomic mass is 10.2. The maximum atomic E-state index is 13.4. The summed E-state index contributed by atoms with van der Waals surface area (Å²) in [7, 11) is -2.17. The van der Waals surface area contributed by atoms with Gasteiger partial charge >= 0.3 is 0 Å². The van der Waals surface area contributed by atoms with Gasteiger partial charge in [0.25, 0.3) is 11.2 Å². The number of nitro benzene ring substituents is 1. The van der Waals surface area contributed by atoms with Crippen molar-refractivity contribution in [3.05, 3.63) is 86.8 Å². The van der Waals surface area contributed by atoms with E-state index >= 15 is 0 Å². The molecule has 1 aliphatic heterocycles. The molecule has 1 N–H and O–H groups in total. The zero-order valence-electron chi connectivity index (χ0n) is 21.0. The molecule has 13 heteroatoms. The number of anilines is 2. The van der Waals surface area contributed by atoms with Gasteiger partial charge in [0.05, 0.1) is 28.2 Å². The van der Waals surface area contributed by atoms with E-state index in [9.17, 15) is 23.3 Å². The smallest absolute Gasteiger partial charge is 0.296 e. The lowest BCUT2D eigenvalue weighted by molar-refractivity contribution is -0.385. The van der Waals surface area contributed by atoms with E-state index in [0.29, 0.717) is 49.7 Å². The molecule has 3 aromatic rings. The number of hydrogen-bond donors (Lipinski definition) is 1. The number of nitrogens with one attached hydrogen (secondary N) is 1. The molecule has 38 heavy (non-hydrogen) atoms. The SMILES string of the molecule is COCCCNc1c(N2CCN(S(=O)(=O)Cc3ccccc3[N+](=O)[O-])CC2)cnn(-c2ccccc2)c1=O. The Kier molecular flexibility index (Phi) is 8.71. The molecule has 1 fully saturated rings. The van der Waals surface area contributed by atoms with Crippen LogP contribution in [-0.4, -0.2) is 73.9 Å². The van der Waals surface area contributed by atoms with Crippen LogP contribution < -0.4 is 15.8 Å². The number of nitrogens with zero attached hydrogens (tertiary/aromatic N) is 5. The summed E-state index contributed by atoms with van der Waals surface area (Å²) in [5.74, 6) is -0.453. The molecule has 0 saturated carbocycles.